The van der Waals surface area contributed by atoms with Crippen LogP contribution in [0.15, 0.2) is 24.4 Å². The number of likely N-dealkylation sites (N-methyl/N-ethyl adjacent to an activating group) is 1. The maximum absolute atomic E-state index is 11.6. The molecule has 20 heavy (non-hydrogen) atoms. The van der Waals surface area contributed by atoms with E-state index in [0.717, 1.165) is 19.5 Å². The number of rotatable bonds is 3. The number of hydrogen-bond donors (Lipinski definition) is 1. The van der Waals surface area contributed by atoms with Crippen LogP contribution in [-0.4, -0.2) is 58.6 Å². The number of carboxylic acids is 1. The normalized spacial score (nSPS) is 19.1. The third-order valence-corrected chi connectivity index (χ3v) is 3.91. The molecule has 0 radical (unpaired) electrons. The molecular weight excluding hydrogens is 256 g/mol. The van der Waals surface area contributed by atoms with Crippen molar-refractivity contribution in [2.45, 2.75) is 12.5 Å². The SMILES string of the molecule is CN(C)C1CCN(c2nc3ccccn3c2C(=O)O)C1. The van der Waals surface area contributed by atoms with Crippen LogP contribution in [0.4, 0.5) is 5.82 Å². The van der Waals surface area contributed by atoms with Gasteiger partial charge in [-0.05, 0) is 32.6 Å². The summed E-state index contributed by atoms with van der Waals surface area (Å²) >= 11 is 0. The van der Waals surface area contributed by atoms with Crippen molar-refractivity contribution in [2.24, 2.45) is 0 Å². The Balaban J connectivity index is 2.03. The summed E-state index contributed by atoms with van der Waals surface area (Å²) in [5.41, 5.74) is 0.924. The lowest BCUT2D eigenvalue weighted by Gasteiger charge is -2.20. The summed E-state index contributed by atoms with van der Waals surface area (Å²) in [5, 5.41) is 9.49. The molecule has 0 aromatic carbocycles. The number of carbonyl (C=O) groups is 1. The van der Waals surface area contributed by atoms with Gasteiger partial charge < -0.3 is 14.9 Å². The first-order valence-corrected chi connectivity index (χ1v) is 6.69. The van der Waals surface area contributed by atoms with E-state index in [1.807, 2.05) is 18.2 Å². The van der Waals surface area contributed by atoms with Crippen LogP contribution in [0.5, 0.6) is 0 Å². The number of pyridine rings is 1. The van der Waals surface area contributed by atoms with Crippen molar-refractivity contribution in [3.63, 3.8) is 0 Å². The molecule has 3 heterocycles. The second-order valence-electron chi connectivity index (χ2n) is 5.37. The van der Waals surface area contributed by atoms with Gasteiger partial charge >= 0.3 is 5.97 Å². The van der Waals surface area contributed by atoms with E-state index < -0.39 is 5.97 Å². The van der Waals surface area contributed by atoms with E-state index in [1.54, 1.807) is 10.6 Å². The average molecular weight is 274 g/mol. The quantitative estimate of drug-likeness (QED) is 0.910. The van der Waals surface area contributed by atoms with E-state index in [2.05, 4.69) is 28.9 Å². The van der Waals surface area contributed by atoms with Gasteiger partial charge in [0.1, 0.15) is 5.65 Å². The van der Waals surface area contributed by atoms with Gasteiger partial charge in [-0.15, -0.1) is 0 Å². The lowest BCUT2D eigenvalue weighted by Crippen LogP contribution is -2.32. The monoisotopic (exact) mass is 274 g/mol. The van der Waals surface area contributed by atoms with Gasteiger partial charge in [0.15, 0.2) is 11.5 Å². The van der Waals surface area contributed by atoms with Crippen molar-refractivity contribution in [1.29, 1.82) is 0 Å². The Labute approximate surface area is 117 Å². The molecule has 0 bridgehead atoms. The molecule has 0 spiro atoms. The van der Waals surface area contributed by atoms with Crippen LogP contribution in [0.2, 0.25) is 0 Å². The predicted octanol–water partition coefficient (Wildman–Crippen LogP) is 1.17. The topological polar surface area (TPSA) is 61.1 Å². The zero-order valence-electron chi connectivity index (χ0n) is 11.7. The molecule has 1 aliphatic rings. The van der Waals surface area contributed by atoms with E-state index in [-0.39, 0.29) is 5.69 Å². The summed E-state index contributed by atoms with van der Waals surface area (Å²) in [5.74, 6) is -0.361. The Morgan fingerprint density at radius 2 is 2.25 bits per heavy atom. The molecule has 106 valence electrons. The summed E-state index contributed by atoms with van der Waals surface area (Å²) in [6.45, 7) is 1.66. The Kier molecular flexibility index (Phi) is 3.10. The van der Waals surface area contributed by atoms with Crippen molar-refractivity contribution in [1.82, 2.24) is 14.3 Å². The van der Waals surface area contributed by atoms with E-state index in [9.17, 15) is 9.90 Å². The van der Waals surface area contributed by atoms with Gasteiger partial charge in [-0.3, -0.25) is 4.40 Å². The first-order valence-electron chi connectivity index (χ1n) is 6.69. The third-order valence-electron chi connectivity index (χ3n) is 3.91. The minimum Gasteiger partial charge on any atom is -0.476 e. The standard InChI is InChI=1S/C14H18N4O2/c1-16(2)10-6-8-17(9-10)13-12(14(19)20)18-7-4-3-5-11(18)15-13/h3-5,7,10H,6,8-9H2,1-2H3,(H,19,20). The number of carboxylic acid groups (broad SMARTS) is 1. The molecule has 2 aromatic heterocycles. The molecule has 1 aliphatic heterocycles. The van der Waals surface area contributed by atoms with Crippen molar-refractivity contribution in [3.05, 3.63) is 30.1 Å². The van der Waals surface area contributed by atoms with E-state index in [4.69, 9.17) is 0 Å². The van der Waals surface area contributed by atoms with Crippen LogP contribution < -0.4 is 4.90 Å². The molecule has 0 aliphatic carbocycles. The molecule has 0 amide bonds. The molecule has 2 aromatic rings. The Morgan fingerprint density at radius 3 is 2.90 bits per heavy atom. The molecule has 3 rings (SSSR count). The van der Waals surface area contributed by atoms with Crippen molar-refractivity contribution >= 4 is 17.4 Å². The highest BCUT2D eigenvalue weighted by atomic mass is 16.4. The Bertz CT molecular complexity index is 650. The van der Waals surface area contributed by atoms with Crippen LogP contribution >= 0.6 is 0 Å². The van der Waals surface area contributed by atoms with Crippen LogP contribution in [0.25, 0.3) is 5.65 Å². The minimum atomic E-state index is -0.938. The number of anilines is 1. The highest BCUT2D eigenvalue weighted by Crippen LogP contribution is 2.26. The van der Waals surface area contributed by atoms with Crippen LogP contribution in [-0.2, 0) is 0 Å². The first kappa shape index (κ1) is 12.9. The molecule has 6 heteroatoms. The van der Waals surface area contributed by atoms with Crippen LogP contribution in [0, 0.1) is 0 Å². The third kappa shape index (κ3) is 2.02. The van der Waals surface area contributed by atoms with Gasteiger partial charge in [0, 0.05) is 25.3 Å². The summed E-state index contributed by atoms with van der Waals surface area (Å²) in [6.07, 6.45) is 2.77. The largest absolute Gasteiger partial charge is 0.476 e. The maximum atomic E-state index is 11.6. The molecule has 1 unspecified atom stereocenters. The average Bonchev–Trinajstić information content (AvgIpc) is 3.02. The number of imidazole rings is 1. The van der Waals surface area contributed by atoms with Crippen molar-refractivity contribution in [2.75, 3.05) is 32.1 Å². The van der Waals surface area contributed by atoms with Gasteiger partial charge in [-0.2, -0.15) is 0 Å². The second-order valence-corrected chi connectivity index (χ2v) is 5.37. The molecule has 0 saturated carbocycles. The fourth-order valence-corrected chi connectivity index (χ4v) is 2.76. The number of hydrogen-bond acceptors (Lipinski definition) is 4. The maximum Gasteiger partial charge on any atom is 0.356 e. The highest BCUT2D eigenvalue weighted by Gasteiger charge is 2.30. The van der Waals surface area contributed by atoms with Gasteiger partial charge in [-0.25, -0.2) is 9.78 Å². The molecule has 1 saturated heterocycles. The smallest absolute Gasteiger partial charge is 0.356 e. The zero-order chi connectivity index (χ0) is 14.3. The zero-order valence-corrected chi connectivity index (χ0v) is 11.7. The Morgan fingerprint density at radius 1 is 1.45 bits per heavy atom. The molecule has 6 nitrogen and oxygen atoms in total. The molecule has 1 N–H and O–H groups in total. The number of fused-ring (bicyclic) bond motifs is 1. The number of aromatic carboxylic acids is 1. The van der Waals surface area contributed by atoms with Gasteiger partial charge in [0.2, 0.25) is 0 Å². The lowest BCUT2D eigenvalue weighted by molar-refractivity contribution is 0.0690. The number of aromatic nitrogens is 2. The minimum absolute atomic E-state index is 0.250. The Hall–Kier alpha value is -2.08. The first-order chi connectivity index (χ1) is 9.58. The van der Waals surface area contributed by atoms with Gasteiger partial charge in [0.05, 0.1) is 0 Å². The summed E-state index contributed by atoms with van der Waals surface area (Å²) in [4.78, 5) is 20.3. The fraction of sp³-hybridized carbons (Fsp3) is 0.429. The summed E-state index contributed by atoms with van der Waals surface area (Å²) < 4.78 is 1.64. The van der Waals surface area contributed by atoms with Gasteiger partial charge in [0.25, 0.3) is 0 Å². The second kappa shape index (κ2) is 4.79. The van der Waals surface area contributed by atoms with Crippen molar-refractivity contribution < 1.29 is 9.90 Å². The van der Waals surface area contributed by atoms with Crippen LogP contribution in [0.1, 0.15) is 16.9 Å². The predicted molar refractivity (Wildman–Crippen MR) is 76.5 cm³/mol. The lowest BCUT2D eigenvalue weighted by atomic mass is 10.2. The van der Waals surface area contributed by atoms with Crippen molar-refractivity contribution in [3.8, 4) is 0 Å². The van der Waals surface area contributed by atoms with E-state index in [0.29, 0.717) is 17.5 Å². The molecular formula is C14H18N4O2. The number of nitrogens with zero attached hydrogens (tertiary/aromatic N) is 4. The van der Waals surface area contributed by atoms with Gasteiger partial charge in [-0.1, -0.05) is 6.07 Å². The fourth-order valence-electron chi connectivity index (χ4n) is 2.76. The molecule has 1 atom stereocenters. The summed E-state index contributed by atoms with van der Waals surface area (Å²) in [7, 11) is 4.10. The van der Waals surface area contributed by atoms with Crippen LogP contribution in [0.3, 0.4) is 0 Å². The van der Waals surface area contributed by atoms with E-state index in [1.165, 1.54) is 0 Å². The summed E-state index contributed by atoms with van der Waals surface area (Å²) in [6, 6.07) is 5.96. The molecule has 1 fully saturated rings. The van der Waals surface area contributed by atoms with E-state index >= 15 is 0 Å². The highest BCUT2D eigenvalue weighted by molar-refractivity contribution is 5.93.